The third-order valence-corrected chi connectivity index (χ3v) is 4.23. The molecule has 1 saturated heterocycles. The zero-order chi connectivity index (χ0) is 18.7. The maximum atomic E-state index is 13.1. The van der Waals surface area contributed by atoms with Gasteiger partial charge in [0.15, 0.2) is 0 Å². The van der Waals surface area contributed by atoms with Crippen LogP contribution in [0.2, 0.25) is 0 Å². The average molecular weight is 378 g/mol. The van der Waals surface area contributed by atoms with Crippen molar-refractivity contribution in [2.75, 3.05) is 6.54 Å². The van der Waals surface area contributed by atoms with E-state index in [1.165, 1.54) is 6.92 Å². The first-order valence-corrected chi connectivity index (χ1v) is 7.84. The zero-order valence-electron chi connectivity index (χ0n) is 13.3. The second kappa shape index (κ2) is 7.86. The number of benzene rings is 1. The molecule has 1 fully saturated rings. The third-order valence-electron chi connectivity index (χ3n) is 3.87. The van der Waals surface area contributed by atoms with Crippen LogP contribution in [-0.2, 0) is 11.3 Å². The highest BCUT2D eigenvalue weighted by molar-refractivity contribution is 6.47. The minimum atomic E-state index is -2.71. The molecule has 4 nitrogen and oxygen atoms in total. The largest absolute Gasteiger partial charge is 0.371 e. The minimum absolute atomic E-state index is 0.00848. The number of amides is 1. The van der Waals surface area contributed by atoms with Crippen molar-refractivity contribution in [3.05, 3.63) is 46.1 Å². The van der Waals surface area contributed by atoms with Crippen LogP contribution in [0.15, 0.2) is 28.9 Å². The molecular formula is C16H16ClF4N3O. The monoisotopic (exact) mass is 377 g/mol. The Morgan fingerprint density at radius 3 is 2.48 bits per heavy atom. The lowest BCUT2D eigenvalue weighted by Crippen LogP contribution is -2.50. The molecule has 0 radical (unpaired) electrons. The Labute approximate surface area is 147 Å². The summed E-state index contributed by atoms with van der Waals surface area (Å²) in [4.78, 5) is 13.0. The van der Waals surface area contributed by atoms with Crippen LogP contribution in [0.4, 0.5) is 17.6 Å². The molecule has 0 saturated carbocycles. The van der Waals surface area contributed by atoms with E-state index in [1.54, 1.807) is 0 Å². The molecule has 0 aliphatic carbocycles. The van der Waals surface area contributed by atoms with Crippen LogP contribution in [0.5, 0.6) is 0 Å². The first kappa shape index (κ1) is 19.2. The smallest absolute Gasteiger partial charge is 0.272 e. The summed E-state index contributed by atoms with van der Waals surface area (Å²) >= 11 is 6.06. The maximum absolute atomic E-state index is 13.1. The van der Waals surface area contributed by atoms with Gasteiger partial charge in [-0.2, -0.15) is 0 Å². The SMILES string of the molecule is CC(C(F)F)N1CC/C(=C(\Cl)NCc2cc(F)cc(F)c2)C(=N)C1=O. The number of carbonyl (C=O) groups excluding carboxylic acids is 1. The third kappa shape index (κ3) is 4.50. The number of piperidine rings is 1. The van der Waals surface area contributed by atoms with Crippen LogP contribution in [0.3, 0.4) is 0 Å². The first-order valence-electron chi connectivity index (χ1n) is 7.46. The summed E-state index contributed by atoms with van der Waals surface area (Å²) in [6.45, 7) is 1.20. The van der Waals surface area contributed by atoms with Crippen molar-refractivity contribution in [1.29, 1.82) is 5.41 Å². The van der Waals surface area contributed by atoms with Gasteiger partial charge < -0.3 is 10.2 Å². The van der Waals surface area contributed by atoms with E-state index in [9.17, 15) is 22.4 Å². The van der Waals surface area contributed by atoms with Gasteiger partial charge >= 0.3 is 0 Å². The summed E-state index contributed by atoms with van der Waals surface area (Å²) in [5.41, 5.74) is 0.000737. The van der Waals surface area contributed by atoms with E-state index in [-0.39, 0.29) is 35.8 Å². The molecule has 1 aromatic rings. The molecule has 1 atom stereocenters. The van der Waals surface area contributed by atoms with Crippen molar-refractivity contribution in [3.8, 4) is 0 Å². The van der Waals surface area contributed by atoms with Crippen LogP contribution in [0, 0.1) is 17.0 Å². The summed E-state index contributed by atoms with van der Waals surface area (Å²) in [6.07, 6.45) is -2.58. The minimum Gasteiger partial charge on any atom is -0.371 e. The standard InChI is InChI=1S/C16H16ClF4N3O/c1-8(15(20)21)24-3-2-12(13(22)16(24)25)14(17)23-7-9-4-10(18)6-11(19)5-9/h4-6,8,15,22-23H,2-3,7H2,1H3/b14-12-,22-13?. The van der Waals surface area contributed by atoms with E-state index in [2.05, 4.69) is 5.32 Å². The lowest BCUT2D eigenvalue weighted by Gasteiger charge is -2.33. The van der Waals surface area contributed by atoms with Crippen LogP contribution >= 0.6 is 11.6 Å². The molecule has 1 heterocycles. The second-order valence-corrected chi connectivity index (χ2v) is 6.00. The van der Waals surface area contributed by atoms with E-state index in [4.69, 9.17) is 17.0 Å². The fourth-order valence-electron chi connectivity index (χ4n) is 2.47. The Kier molecular flexibility index (Phi) is 6.05. The molecular weight excluding hydrogens is 362 g/mol. The van der Waals surface area contributed by atoms with Crippen LogP contribution in [0.1, 0.15) is 18.9 Å². The van der Waals surface area contributed by atoms with Gasteiger partial charge in [-0.15, -0.1) is 0 Å². The van der Waals surface area contributed by atoms with Crippen LogP contribution in [0.25, 0.3) is 0 Å². The summed E-state index contributed by atoms with van der Waals surface area (Å²) in [7, 11) is 0. The van der Waals surface area contributed by atoms with E-state index in [1.807, 2.05) is 0 Å². The molecule has 9 heteroatoms. The molecule has 1 aliphatic heterocycles. The topological polar surface area (TPSA) is 56.2 Å². The predicted octanol–water partition coefficient (Wildman–Crippen LogP) is 3.41. The van der Waals surface area contributed by atoms with E-state index in [0.717, 1.165) is 23.1 Å². The Morgan fingerprint density at radius 1 is 1.32 bits per heavy atom. The molecule has 0 aromatic heterocycles. The molecule has 1 aliphatic rings. The van der Waals surface area contributed by atoms with Crippen molar-refractivity contribution in [2.45, 2.75) is 32.4 Å². The number of nitrogens with zero attached hydrogens (tertiary/aromatic N) is 1. The summed E-state index contributed by atoms with van der Waals surface area (Å²) in [5, 5.41) is 10.5. The van der Waals surface area contributed by atoms with Gasteiger partial charge in [-0.25, -0.2) is 17.6 Å². The molecule has 0 spiro atoms. The summed E-state index contributed by atoms with van der Waals surface area (Å²) in [6, 6.07) is 1.68. The Bertz CT molecular complexity index is 703. The zero-order valence-corrected chi connectivity index (χ0v) is 14.0. The van der Waals surface area contributed by atoms with E-state index in [0.29, 0.717) is 0 Å². The van der Waals surface area contributed by atoms with Crippen molar-refractivity contribution in [1.82, 2.24) is 10.2 Å². The van der Waals surface area contributed by atoms with Crippen molar-refractivity contribution < 1.29 is 22.4 Å². The highest BCUT2D eigenvalue weighted by atomic mass is 35.5. The fourth-order valence-corrected chi connectivity index (χ4v) is 2.73. The summed E-state index contributed by atoms with van der Waals surface area (Å²) < 4.78 is 51.8. The molecule has 0 bridgehead atoms. The highest BCUT2D eigenvalue weighted by Gasteiger charge is 2.35. The van der Waals surface area contributed by atoms with Gasteiger partial charge in [0.05, 0.1) is 6.04 Å². The number of halogens is 5. The Balaban J connectivity index is 2.09. The fraction of sp³-hybridized carbons (Fsp3) is 0.375. The number of carbonyl (C=O) groups is 1. The van der Waals surface area contributed by atoms with E-state index >= 15 is 0 Å². The van der Waals surface area contributed by atoms with Crippen LogP contribution < -0.4 is 5.32 Å². The van der Waals surface area contributed by atoms with Gasteiger partial charge in [0.25, 0.3) is 12.3 Å². The molecule has 1 amide bonds. The average Bonchev–Trinajstić information content (AvgIpc) is 2.53. The van der Waals surface area contributed by atoms with Crippen molar-refractivity contribution >= 4 is 23.2 Å². The molecule has 2 N–H and O–H groups in total. The van der Waals surface area contributed by atoms with Gasteiger partial charge in [0.2, 0.25) is 0 Å². The van der Waals surface area contributed by atoms with Crippen molar-refractivity contribution in [2.24, 2.45) is 0 Å². The predicted molar refractivity (Wildman–Crippen MR) is 85.6 cm³/mol. The van der Waals surface area contributed by atoms with Gasteiger partial charge in [0.1, 0.15) is 22.5 Å². The summed E-state index contributed by atoms with van der Waals surface area (Å²) in [5.74, 6) is -2.30. The number of nitrogens with one attached hydrogen (secondary N) is 2. The highest BCUT2D eigenvalue weighted by Crippen LogP contribution is 2.23. The second-order valence-electron chi connectivity index (χ2n) is 5.62. The van der Waals surface area contributed by atoms with Gasteiger partial charge in [-0.05, 0) is 31.0 Å². The number of likely N-dealkylation sites (tertiary alicyclic amines) is 1. The van der Waals surface area contributed by atoms with Crippen LogP contribution in [-0.4, -0.2) is 35.5 Å². The molecule has 1 aromatic carbocycles. The normalized spacial score (nSPS) is 18.6. The number of hydrogen-bond acceptors (Lipinski definition) is 3. The number of hydrogen-bond donors (Lipinski definition) is 2. The number of rotatable bonds is 5. The van der Waals surface area contributed by atoms with Gasteiger partial charge in [0, 0.05) is 24.7 Å². The number of alkyl halides is 2. The Morgan fingerprint density at radius 2 is 1.92 bits per heavy atom. The van der Waals surface area contributed by atoms with Gasteiger partial charge in [-0.3, -0.25) is 10.2 Å². The molecule has 2 rings (SSSR count). The quantitative estimate of drug-likeness (QED) is 0.610. The first-order chi connectivity index (χ1) is 11.7. The maximum Gasteiger partial charge on any atom is 0.272 e. The Hall–Kier alpha value is -2.09. The van der Waals surface area contributed by atoms with Gasteiger partial charge in [-0.1, -0.05) is 11.6 Å². The lowest BCUT2D eigenvalue weighted by atomic mass is 10.0. The van der Waals surface area contributed by atoms with Crippen molar-refractivity contribution in [3.63, 3.8) is 0 Å². The molecule has 25 heavy (non-hydrogen) atoms. The lowest BCUT2D eigenvalue weighted by molar-refractivity contribution is -0.129. The molecule has 136 valence electrons. The van der Waals surface area contributed by atoms with E-state index < -0.39 is 35.7 Å². The molecule has 1 unspecified atom stereocenters.